The fourth-order valence-electron chi connectivity index (χ4n) is 4.76. The summed E-state index contributed by atoms with van der Waals surface area (Å²) in [6.07, 6.45) is 9.16. The van der Waals surface area contributed by atoms with Gasteiger partial charge in [0.1, 0.15) is 11.7 Å². The van der Waals surface area contributed by atoms with Gasteiger partial charge in [0.2, 0.25) is 0 Å². The molecule has 2 heterocycles. The predicted octanol–water partition coefficient (Wildman–Crippen LogP) is 7.19. The molecule has 4 rings (SSSR count). The lowest BCUT2D eigenvalue weighted by Crippen LogP contribution is -2.35. The van der Waals surface area contributed by atoms with Gasteiger partial charge in [-0.2, -0.15) is 0 Å². The van der Waals surface area contributed by atoms with E-state index in [0.717, 1.165) is 36.8 Å². The SMILES string of the molecule is CCCc1ccc2c(c1)oc1c(N3C=CN(C)[C@H]3C)c(C(C)(C)CCC)ccc12. The van der Waals surface area contributed by atoms with E-state index in [4.69, 9.17) is 4.42 Å². The van der Waals surface area contributed by atoms with Gasteiger partial charge in [-0.05, 0) is 42.4 Å². The van der Waals surface area contributed by atoms with E-state index in [1.54, 1.807) is 0 Å². The fraction of sp³-hybridized carbons (Fsp3) is 0.462. The third-order valence-electron chi connectivity index (χ3n) is 6.54. The highest BCUT2D eigenvalue weighted by Gasteiger charge is 2.32. The van der Waals surface area contributed by atoms with Gasteiger partial charge in [0.25, 0.3) is 0 Å². The minimum absolute atomic E-state index is 0.0827. The van der Waals surface area contributed by atoms with Crippen LogP contribution in [0.3, 0.4) is 0 Å². The minimum atomic E-state index is 0.0827. The average molecular weight is 391 g/mol. The maximum absolute atomic E-state index is 6.59. The topological polar surface area (TPSA) is 19.6 Å². The Morgan fingerprint density at radius 1 is 1.00 bits per heavy atom. The van der Waals surface area contributed by atoms with E-state index in [9.17, 15) is 0 Å². The molecule has 2 aromatic carbocycles. The van der Waals surface area contributed by atoms with E-state index in [-0.39, 0.29) is 11.6 Å². The highest BCUT2D eigenvalue weighted by molar-refractivity contribution is 6.10. The quantitative estimate of drug-likeness (QED) is 0.444. The number of rotatable bonds is 6. The molecule has 1 aromatic heterocycles. The van der Waals surface area contributed by atoms with Crippen molar-refractivity contribution in [2.45, 2.75) is 71.9 Å². The van der Waals surface area contributed by atoms with E-state index in [2.05, 4.69) is 94.2 Å². The highest BCUT2D eigenvalue weighted by Crippen LogP contribution is 2.45. The Morgan fingerprint density at radius 2 is 1.76 bits per heavy atom. The van der Waals surface area contributed by atoms with Gasteiger partial charge in [-0.3, -0.25) is 0 Å². The second-order valence-corrected chi connectivity index (χ2v) is 9.16. The zero-order valence-corrected chi connectivity index (χ0v) is 18.7. The molecule has 1 aliphatic heterocycles. The molecule has 3 heteroatoms. The molecule has 0 bridgehead atoms. The number of benzene rings is 2. The number of hydrogen-bond acceptors (Lipinski definition) is 3. The van der Waals surface area contributed by atoms with E-state index in [1.807, 2.05) is 0 Å². The first-order valence-electron chi connectivity index (χ1n) is 11.0. The van der Waals surface area contributed by atoms with Crippen LogP contribution < -0.4 is 4.90 Å². The van der Waals surface area contributed by atoms with Crippen LogP contribution in [0.5, 0.6) is 0 Å². The van der Waals surface area contributed by atoms with Crippen molar-refractivity contribution in [3.8, 4) is 0 Å². The summed E-state index contributed by atoms with van der Waals surface area (Å²) in [5.74, 6) is 0. The third-order valence-corrected chi connectivity index (χ3v) is 6.54. The number of anilines is 1. The summed E-state index contributed by atoms with van der Waals surface area (Å²) >= 11 is 0. The Labute approximate surface area is 175 Å². The highest BCUT2D eigenvalue weighted by atomic mass is 16.3. The summed E-state index contributed by atoms with van der Waals surface area (Å²) in [5, 5.41) is 2.43. The molecule has 154 valence electrons. The summed E-state index contributed by atoms with van der Waals surface area (Å²) in [4.78, 5) is 4.63. The van der Waals surface area contributed by atoms with Crippen molar-refractivity contribution < 1.29 is 4.42 Å². The normalized spacial score (nSPS) is 17.2. The molecule has 3 aromatic rings. The molecule has 0 saturated carbocycles. The van der Waals surface area contributed by atoms with Crippen LogP contribution in [0.4, 0.5) is 5.69 Å². The van der Waals surface area contributed by atoms with Crippen molar-refractivity contribution >= 4 is 27.6 Å². The zero-order chi connectivity index (χ0) is 20.8. The number of aryl methyl sites for hydroxylation is 1. The molecule has 0 N–H and O–H groups in total. The molecular weight excluding hydrogens is 356 g/mol. The standard InChI is InChI=1S/C26H34N2O/c1-7-9-19-10-11-20-21-12-13-22(26(4,5)14-8-2)24(25(21)29-23(20)17-19)28-16-15-27(6)18(28)3/h10-13,15-18H,7-9,14H2,1-6H3/t18-/m1/s1. The Morgan fingerprint density at radius 3 is 2.41 bits per heavy atom. The van der Waals surface area contributed by atoms with Crippen LogP contribution in [0.25, 0.3) is 21.9 Å². The summed E-state index contributed by atoms with van der Waals surface area (Å²) < 4.78 is 6.59. The van der Waals surface area contributed by atoms with Crippen molar-refractivity contribution in [3.63, 3.8) is 0 Å². The molecule has 29 heavy (non-hydrogen) atoms. The van der Waals surface area contributed by atoms with Crippen LogP contribution in [0, 0.1) is 0 Å². The largest absolute Gasteiger partial charge is 0.454 e. The van der Waals surface area contributed by atoms with Crippen LogP contribution in [-0.4, -0.2) is 18.1 Å². The molecule has 0 fully saturated rings. The second-order valence-electron chi connectivity index (χ2n) is 9.16. The van der Waals surface area contributed by atoms with Gasteiger partial charge in [-0.25, -0.2) is 0 Å². The Kier molecular flexibility index (Phi) is 5.10. The first-order valence-corrected chi connectivity index (χ1v) is 11.0. The van der Waals surface area contributed by atoms with E-state index >= 15 is 0 Å². The molecule has 0 unspecified atom stereocenters. The van der Waals surface area contributed by atoms with Gasteiger partial charge < -0.3 is 14.2 Å². The summed E-state index contributed by atoms with van der Waals surface area (Å²) in [5.41, 5.74) is 6.04. The summed E-state index contributed by atoms with van der Waals surface area (Å²) in [7, 11) is 2.13. The molecular formula is C26H34N2O. The van der Waals surface area contributed by atoms with Crippen molar-refractivity contribution in [2.75, 3.05) is 11.9 Å². The van der Waals surface area contributed by atoms with E-state index in [0.29, 0.717) is 0 Å². The first-order chi connectivity index (χ1) is 13.9. The van der Waals surface area contributed by atoms with Gasteiger partial charge in [0, 0.05) is 30.2 Å². The van der Waals surface area contributed by atoms with Gasteiger partial charge in [-0.1, -0.05) is 64.8 Å². The fourth-order valence-corrected chi connectivity index (χ4v) is 4.76. The Balaban J connectivity index is 1.99. The van der Waals surface area contributed by atoms with Crippen LogP contribution in [0.2, 0.25) is 0 Å². The van der Waals surface area contributed by atoms with Crippen LogP contribution >= 0.6 is 0 Å². The monoisotopic (exact) mass is 390 g/mol. The zero-order valence-electron chi connectivity index (χ0n) is 18.7. The van der Waals surface area contributed by atoms with Crippen LogP contribution in [-0.2, 0) is 11.8 Å². The van der Waals surface area contributed by atoms with Crippen molar-refractivity contribution in [1.82, 2.24) is 4.90 Å². The average Bonchev–Trinajstić information content (AvgIpc) is 3.21. The molecule has 0 amide bonds. The van der Waals surface area contributed by atoms with Gasteiger partial charge in [0.15, 0.2) is 5.58 Å². The second kappa shape index (κ2) is 7.44. The van der Waals surface area contributed by atoms with E-state index in [1.165, 1.54) is 27.6 Å². The third kappa shape index (κ3) is 3.31. The first kappa shape index (κ1) is 19.9. The van der Waals surface area contributed by atoms with Gasteiger partial charge in [-0.15, -0.1) is 0 Å². The smallest absolute Gasteiger partial charge is 0.159 e. The van der Waals surface area contributed by atoms with Crippen LogP contribution in [0.1, 0.15) is 65.0 Å². The molecule has 1 aliphatic rings. The summed E-state index contributed by atoms with van der Waals surface area (Å²) in [6, 6.07) is 11.3. The predicted molar refractivity (Wildman–Crippen MR) is 124 cm³/mol. The molecule has 0 saturated heterocycles. The number of fused-ring (bicyclic) bond motifs is 3. The van der Waals surface area contributed by atoms with Gasteiger partial charge >= 0.3 is 0 Å². The molecule has 0 radical (unpaired) electrons. The number of hydrogen-bond donors (Lipinski definition) is 0. The number of nitrogens with zero attached hydrogens (tertiary/aromatic N) is 2. The molecule has 0 spiro atoms. The summed E-state index contributed by atoms with van der Waals surface area (Å²) in [6.45, 7) is 11.5. The lowest BCUT2D eigenvalue weighted by molar-refractivity contribution is 0.381. The lowest BCUT2D eigenvalue weighted by atomic mass is 9.79. The molecule has 3 nitrogen and oxygen atoms in total. The lowest BCUT2D eigenvalue weighted by Gasteiger charge is -2.34. The number of furan rings is 1. The minimum Gasteiger partial charge on any atom is -0.454 e. The molecule has 1 atom stereocenters. The van der Waals surface area contributed by atoms with Gasteiger partial charge in [0.05, 0.1) is 5.69 Å². The van der Waals surface area contributed by atoms with E-state index < -0.39 is 0 Å². The molecule has 0 aliphatic carbocycles. The van der Waals surface area contributed by atoms with Crippen LogP contribution in [0.15, 0.2) is 47.1 Å². The Bertz CT molecular complexity index is 1060. The van der Waals surface area contributed by atoms with Crippen molar-refractivity contribution in [2.24, 2.45) is 0 Å². The maximum Gasteiger partial charge on any atom is 0.159 e. The maximum atomic E-state index is 6.59. The van der Waals surface area contributed by atoms with Crippen molar-refractivity contribution in [3.05, 3.63) is 53.9 Å². The van der Waals surface area contributed by atoms with Crippen molar-refractivity contribution in [1.29, 1.82) is 0 Å². The Hall–Kier alpha value is -2.42.